The molecule has 0 saturated carbocycles. The normalized spacial score (nSPS) is 14.8. The molecule has 0 atom stereocenters. The molecule has 0 unspecified atom stereocenters. The maximum Gasteiger partial charge on any atom is 0.573 e. The molecule has 0 amide bonds. The van der Waals surface area contributed by atoms with E-state index in [1.807, 2.05) is 4.57 Å². The third-order valence-corrected chi connectivity index (χ3v) is 3.48. The van der Waals surface area contributed by atoms with Gasteiger partial charge in [0.05, 0.1) is 0 Å². The zero-order valence-electron chi connectivity index (χ0n) is 11.2. The number of rotatable bonds is 2. The molecule has 21 heavy (non-hydrogen) atoms. The molecule has 0 fully saturated rings. The molecule has 4 nitrogen and oxygen atoms in total. The van der Waals surface area contributed by atoms with Gasteiger partial charge in [-0.2, -0.15) is 0 Å². The molecule has 1 aromatic heterocycles. The van der Waals surface area contributed by atoms with Crippen molar-refractivity contribution in [3.63, 3.8) is 0 Å². The van der Waals surface area contributed by atoms with E-state index in [-0.39, 0.29) is 5.75 Å². The summed E-state index contributed by atoms with van der Waals surface area (Å²) in [4.78, 5) is 4.50. The van der Waals surface area contributed by atoms with Crippen molar-refractivity contribution in [3.05, 3.63) is 30.1 Å². The first-order chi connectivity index (χ1) is 9.94. The zero-order chi connectivity index (χ0) is 15.0. The number of hydrogen-bond acceptors (Lipinski definition) is 3. The smallest absolute Gasteiger partial charge is 0.406 e. The average molecular weight is 297 g/mol. The van der Waals surface area contributed by atoms with Crippen LogP contribution in [0, 0.1) is 0 Å². The van der Waals surface area contributed by atoms with E-state index in [0.717, 1.165) is 31.6 Å². The topological polar surface area (TPSA) is 53.1 Å². The van der Waals surface area contributed by atoms with Gasteiger partial charge in [-0.1, -0.05) is 0 Å². The molecule has 1 aliphatic heterocycles. The van der Waals surface area contributed by atoms with Crippen LogP contribution in [0.4, 0.5) is 19.0 Å². The number of nitrogen functional groups attached to an aromatic ring is 1. The van der Waals surface area contributed by atoms with Crippen LogP contribution in [0.5, 0.6) is 5.75 Å². The van der Waals surface area contributed by atoms with Gasteiger partial charge >= 0.3 is 6.36 Å². The highest BCUT2D eigenvalue weighted by Crippen LogP contribution is 2.31. The molecule has 0 aliphatic carbocycles. The lowest BCUT2D eigenvalue weighted by Gasteiger charge is -2.14. The molecule has 0 spiro atoms. The van der Waals surface area contributed by atoms with Crippen molar-refractivity contribution in [2.45, 2.75) is 32.2 Å². The summed E-state index contributed by atoms with van der Waals surface area (Å²) in [5.41, 5.74) is 7.39. The molecule has 1 aliphatic rings. The lowest BCUT2D eigenvalue weighted by atomic mass is 10.1. The minimum atomic E-state index is -4.69. The van der Waals surface area contributed by atoms with Gasteiger partial charge in [0.15, 0.2) is 0 Å². The van der Waals surface area contributed by atoms with E-state index in [1.165, 1.54) is 24.3 Å². The first-order valence-corrected chi connectivity index (χ1v) is 6.65. The van der Waals surface area contributed by atoms with Gasteiger partial charge in [-0.15, -0.1) is 13.2 Å². The fourth-order valence-electron chi connectivity index (χ4n) is 2.53. The highest BCUT2D eigenvalue weighted by atomic mass is 19.4. The standard InChI is InChI=1S/C14H14F3N3O/c15-14(16,17)21-10-6-4-9(5-7-10)12-13(18)20-8-2-1-3-11(20)19-12/h4-7H,1-3,8,18H2. The van der Waals surface area contributed by atoms with Crippen LogP contribution < -0.4 is 10.5 Å². The first kappa shape index (κ1) is 13.8. The Morgan fingerprint density at radius 1 is 1.14 bits per heavy atom. The van der Waals surface area contributed by atoms with Crippen molar-refractivity contribution in [3.8, 4) is 17.0 Å². The zero-order valence-corrected chi connectivity index (χ0v) is 11.2. The van der Waals surface area contributed by atoms with Gasteiger partial charge in [-0.25, -0.2) is 4.98 Å². The number of benzene rings is 1. The fraction of sp³-hybridized carbons (Fsp3) is 0.357. The molecular weight excluding hydrogens is 283 g/mol. The van der Waals surface area contributed by atoms with Gasteiger partial charge < -0.3 is 15.0 Å². The highest BCUT2D eigenvalue weighted by molar-refractivity contribution is 5.71. The molecular formula is C14H14F3N3O. The molecule has 112 valence electrons. The number of nitrogens with zero attached hydrogens (tertiary/aromatic N) is 2. The van der Waals surface area contributed by atoms with Crippen molar-refractivity contribution in [1.82, 2.24) is 9.55 Å². The monoisotopic (exact) mass is 297 g/mol. The third-order valence-electron chi connectivity index (χ3n) is 3.48. The minimum Gasteiger partial charge on any atom is -0.406 e. The van der Waals surface area contributed by atoms with Gasteiger partial charge in [-0.05, 0) is 37.1 Å². The summed E-state index contributed by atoms with van der Waals surface area (Å²) < 4.78 is 42.2. The van der Waals surface area contributed by atoms with E-state index in [9.17, 15) is 13.2 Å². The lowest BCUT2D eigenvalue weighted by Crippen LogP contribution is -2.16. The third kappa shape index (κ3) is 2.81. The van der Waals surface area contributed by atoms with Crippen LogP contribution in [0.2, 0.25) is 0 Å². The maximum atomic E-state index is 12.1. The Labute approximate surface area is 119 Å². The summed E-state index contributed by atoms with van der Waals surface area (Å²) in [6.45, 7) is 0.837. The van der Waals surface area contributed by atoms with Crippen LogP contribution in [0.15, 0.2) is 24.3 Å². The van der Waals surface area contributed by atoms with Crippen molar-refractivity contribution >= 4 is 5.82 Å². The minimum absolute atomic E-state index is 0.256. The molecule has 1 aromatic carbocycles. The largest absolute Gasteiger partial charge is 0.573 e. The second-order valence-corrected chi connectivity index (χ2v) is 4.94. The predicted molar refractivity (Wildman–Crippen MR) is 71.7 cm³/mol. The van der Waals surface area contributed by atoms with E-state index in [4.69, 9.17) is 5.73 Å². The second-order valence-electron chi connectivity index (χ2n) is 4.94. The Morgan fingerprint density at radius 2 is 1.86 bits per heavy atom. The molecule has 2 N–H and O–H groups in total. The van der Waals surface area contributed by atoms with Gasteiger partial charge in [0.25, 0.3) is 0 Å². The summed E-state index contributed by atoms with van der Waals surface area (Å²) in [6, 6.07) is 5.60. The highest BCUT2D eigenvalue weighted by Gasteiger charge is 2.31. The number of ether oxygens (including phenoxy) is 1. The second kappa shape index (κ2) is 4.98. The van der Waals surface area contributed by atoms with Gasteiger partial charge in [0.1, 0.15) is 23.1 Å². The Kier molecular flexibility index (Phi) is 3.27. The van der Waals surface area contributed by atoms with E-state index < -0.39 is 6.36 Å². The number of alkyl halides is 3. The SMILES string of the molecule is Nc1c(-c2ccc(OC(F)(F)F)cc2)nc2n1CCCC2. The van der Waals surface area contributed by atoms with Gasteiger partial charge in [0.2, 0.25) is 0 Å². The number of aromatic nitrogens is 2. The Balaban J connectivity index is 1.89. The van der Waals surface area contributed by atoms with Crippen LogP contribution >= 0.6 is 0 Å². The van der Waals surface area contributed by atoms with Crippen LogP contribution in [-0.2, 0) is 13.0 Å². The van der Waals surface area contributed by atoms with Gasteiger partial charge in [-0.3, -0.25) is 0 Å². The Bertz CT molecular complexity index is 647. The van der Waals surface area contributed by atoms with Crippen molar-refractivity contribution in [1.29, 1.82) is 0 Å². The van der Waals surface area contributed by atoms with E-state index in [2.05, 4.69) is 9.72 Å². The Morgan fingerprint density at radius 3 is 2.48 bits per heavy atom. The number of imidazole rings is 1. The molecule has 0 radical (unpaired) electrons. The average Bonchev–Trinajstić information content (AvgIpc) is 2.76. The van der Waals surface area contributed by atoms with Gasteiger partial charge in [0, 0.05) is 18.5 Å². The molecule has 0 bridgehead atoms. The fourth-order valence-corrected chi connectivity index (χ4v) is 2.53. The summed E-state index contributed by atoms with van der Waals surface area (Å²) in [5, 5.41) is 0. The molecule has 0 saturated heterocycles. The summed E-state index contributed by atoms with van der Waals surface area (Å²) in [7, 11) is 0. The van der Waals surface area contributed by atoms with E-state index in [1.54, 1.807) is 0 Å². The molecule has 2 aromatic rings. The maximum absolute atomic E-state index is 12.1. The van der Waals surface area contributed by atoms with Crippen LogP contribution in [0.3, 0.4) is 0 Å². The van der Waals surface area contributed by atoms with Crippen molar-refractivity contribution < 1.29 is 17.9 Å². The molecule has 3 rings (SSSR count). The van der Waals surface area contributed by atoms with Crippen molar-refractivity contribution in [2.24, 2.45) is 0 Å². The summed E-state index contributed by atoms with van der Waals surface area (Å²) in [5.74, 6) is 1.24. The summed E-state index contributed by atoms with van der Waals surface area (Å²) in [6.07, 6.45) is -1.67. The number of halogens is 3. The number of aryl methyl sites for hydroxylation is 1. The molecule has 7 heteroatoms. The molecule has 2 heterocycles. The van der Waals surface area contributed by atoms with Crippen LogP contribution in [-0.4, -0.2) is 15.9 Å². The predicted octanol–water partition coefficient (Wildman–Crippen LogP) is 3.37. The first-order valence-electron chi connectivity index (χ1n) is 6.65. The Hall–Kier alpha value is -2.18. The quantitative estimate of drug-likeness (QED) is 0.924. The van der Waals surface area contributed by atoms with Crippen molar-refractivity contribution in [2.75, 3.05) is 5.73 Å². The van der Waals surface area contributed by atoms with E-state index in [0.29, 0.717) is 17.1 Å². The lowest BCUT2D eigenvalue weighted by molar-refractivity contribution is -0.274. The van der Waals surface area contributed by atoms with E-state index >= 15 is 0 Å². The van der Waals surface area contributed by atoms with Crippen LogP contribution in [0.1, 0.15) is 18.7 Å². The number of hydrogen-bond donors (Lipinski definition) is 1. The van der Waals surface area contributed by atoms with Crippen LogP contribution in [0.25, 0.3) is 11.3 Å². The number of fused-ring (bicyclic) bond motifs is 1. The number of anilines is 1. The summed E-state index contributed by atoms with van der Waals surface area (Å²) >= 11 is 0. The number of nitrogens with two attached hydrogens (primary N) is 1.